The molecule has 2 aliphatic carbocycles. The second-order valence-electron chi connectivity index (χ2n) is 6.58. The van der Waals surface area contributed by atoms with Crippen LogP contribution in [0.15, 0.2) is 0 Å². The molecule has 1 saturated heterocycles. The first-order valence-electron chi connectivity index (χ1n) is 8.25. The maximum atomic E-state index is 6.16. The molecule has 2 atom stereocenters. The summed E-state index contributed by atoms with van der Waals surface area (Å²) in [4.78, 5) is 0. The van der Waals surface area contributed by atoms with Crippen molar-refractivity contribution in [3.8, 4) is 0 Å². The second-order valence-corrected chi connectivity index (χ2v) is 6.89. The first-order valence-corrected chi connectivity index (χ1v) is 8.79. The summed E-state index contributed by atoms with van der Waals surface area (Å²) in [7, 11) is -0.152. The lowest BCUT2D eigenvalue weighted by molar-refractivity contribution is 0.0324. The van der Waals surface area contributed by atoms with E-state index in [9.17, 15) is 0 Å². The van der Waals surface area contributed by atoms with Crippen LogP contribution in [0, 0.1) is 11.8 Å². The average Bonchev–Trinajstić information content (AvgIpc) is 2.93. The summed E-state index contributed by atoms with van der Waals surface area (Å²) in [5.41, 5.74) is 0. The van der Waals surface area contributed by atoms with Gasteiger partial charge in [0.25, 0.3) is 0 Å². The van der Waals surface area contributed by atoms with Crippen molar-refractivity contribution in [3.63, 3.8) is 0 Å². The zero-order chi connectivity index (χ0) is 13.1. The molecule has 2 nitrogen and oxygen atoms in total. The van der Waals surface area contributed by atoms with E-state index in [-0.39, 0.29) is 7.12 Å². The Labute approximate surface area is 122 Å². The lowest BCUT2D eigenvalue weighted by atomic mass is 9.77. The number of hydrogen-bond donors (Lipinski definition) is 0. The third kappa shape index (κ3) is 3.30. The van der Waals surface area contributed by atoms with Crippen molar-refractivity contribution in [1.82, 2.24) is 0 Å². The van der Waals surface area contributed by atoms with Gasteiger partial charge in [0, 0.05) is 0 Å². The van der Waals surface area contributed by atoms with Gasteiger partial charge in [0.05, 0.1) is 18.0 Å². The van der Waals surface area contributed by atoms with Gasteiger partial charge in [-0.25, -0.2) is 0 Å². The molecular formula is C15H26BClO2. The highest BCUT2D eigenvalue weighted by Gasteiger charge is 2.46. The predicted molar refractivity (Wildman–Crippen MR) is 79.4 cm³/mol. The van der Waals surface area contributed by atoms with Crippen LogP contribution >= 0.6 is 11.6 Å². The SMILES string of the molecule is ClCB1O[C@H](C2CCCCC2)[C@@H](C2CCCCC2)O1. The Hall–Kier alpha value is 0.275. The highest BCUT2D eigenvalue weighted by atomic mass is 35.5. The quantitative estimate of drug-likeness (QED) is 0.571. The first kappa shape index (κ1) is 14.2. The molecule has 3 fully saturated rings. The molecular weight excluding hydrogens is 258 g/mol. The third-order valence-corrected chi connectivity index (χ3v) is 5.55. The van der Waals surface area contributed by atoms with Crippen molar-refractivity contribution in [3.05, 3.63) is 0 Å². The van der Waals surface area contributed by atoms with Gasteiger partial charge >= 0.3 is 7.12 Å². The molecule has 0 aromatic carbocycles. The van der Waals surface area contributed by atoms with Crippen LogP contribution in [0.3, 0.4) is 0 Å². The summed E-state index contributed by atoms with van der Waals surface area (Å²) < 4.78 is 12.3. The molecule has 0 N–H and O–H groups in total. The van der Waals surface area contributed by atoms with Crippen LogP contribution in [-0.2, 0) is 9.31 Å². The fourth-order valence-electron chi connectivity index (χ4n) is 4.29. The zero-order valence-electron chi connectivity index (χ0n) is 11.9. The highest BCUT2D eigenvalue weighted by Crippen LogP contribution is 2.40. The molecule has 0 bridgehead atoms. The van der Waals surface area contributed by atoms with Gasteiger partial charge < -0.3 is 9.31 Å². The smallest absolute Gasteiger partial charge is 0.405 e. The van der Waals surface area contributed by atoms with Gasteiger partial charge in [-0.1, -0.05) is 38.5 Å². The highest BCUT2D eigenvalue weighted by molar-refractivity contribution is 6.57. The number of hydrogen-bond acceptors (Lipinski definition) is 2. The van der Waals surface area contributed by atoms with Crippen LogP contribution in [0.4, 0.5) is 0 Å². The predicted octanol–water partition coefficient (Wildman–Crippen LogP) is 4.20. The Morgan fingerprint density at radius 1 is 0.737 bits per heavy atom. The first-order chi connectivity index (χ1) is 9.38. The van der Waals surface area contributed by atoms with Crippen LogP contribution in [-0.4, -0.2) is 25.1 Å². The van der Waals surface area contributed by atoms with Gasteiger partial charge in [0.15, 0.2) is 0 Å². The molecule has 0 aromatic rings. The van der Waals surface area contributed by atoms with E-state index in [0.717, 1.165) is 0 Å². The van der Waals surface area contributed by atoms with Gasteiger partial charge in [-0.2, -0.15) is 0 Å². The van der Waals surface area contributed by atoms with E-state index in [2.05, 4.69) is 0 Å². The van der Waals surface area contributed by atoms with E-state index in [0.29, 0.717) is 29.8 Å². The van der Waals surface area contributed by atoms with E-state index >= 15 is 0 Å². The summed E-state index contributed by atoms with van der Waals surface area (Å²) >= 11 is 5.97. The van der Waals surface area contributed by atoms with E-state index in [1.807, 2.05) is 0 Å². The van der Waals surface area contributed by atoms with Crippen LogP contribution < -0.4 is 0 Å². The van der Waals surface area contributed by atoms with Crippen LogP contribution in [0.5, 0.6) is 0 Å². The standard InChI is InChI=1S/C15H26BClO2/c17-11-16-18-14(12-7-3-1-4-8-12)15(19-16)13-9-5-2-6-10-13/h12-15H,1-11H2/t14-,15-/m1/s1. The van der Waals surface area contributed by atoms with Crippen molar-refractivity contribution in [2.24, 2.45) is 11.8 Å². The zero-order valence-corrected chi connectivity index (χ0v) is 12.6. The molecule has 1 aliphatic heterocycles. The molecule has 0 spiro atoms. The average molecular weight is 285 g/mol. The number of alkyl halides is 1. The van der Waals surface area contributed by atoms with Crippen LogP contribution in [0.25, 0.3) is 0 Å². The topological polar surface area (TPSA) is 18.5 Å². The minimum atomic E-state index is -0.152. The van der Waals surface area contributed by atoms with Gasteiger partial charge in [-0.05, 0) is 37.5 Å². The minimum Gasteiger partial charge on any atom is -0.405 e. The van der Waals surface area contributed by atoms with Gasteiger partial charge in [0.1, 0.15) is 0 Å². The fourth-order valence-corrected chi connectivity index (χ4v) is 4.44. The molecule has 0 unspecified atom stereocenters. The summed E-state index contributed by atoms with van der Waals surface area (Å²) in [6.45, 7) is 0. The fraction of sp³-hybridized carbons (Fsp3) is 1.00. The molecule has 108 valence electrons. The monoisotopic (exact) mass is 284 g/mol. The number of halogens is 1. The van der Waals surface area contributed by atoms with Crippen molar-refractivity contribution in [1.29, 1.82) is 0 Å². The Balaban J connectivity index is 1.67. The Morgan fingerprint density at radius 2 is 1.16 bits per heavy atom. The molecule has 1 heterocycles. The second kappa shape index (κ2) is 6.82. The molecule has 0 aromatic heterocycles. The van der Waals surface area contributed by atoms with E-state index in [1.165, 1.54) is 64.2 Å². The largest absolute Gasteiger partial charge is 0.473 e. The van der Waals surface area contributed by atoms with Crippen LogP contribution in [0.1, 0.15) is 64.2 Å². The maximum absolute atomic E-state index is 6.16. The summed E-state index contributed by atoms with van der Waals surface area (Å²) in [6, 6.07) is 0. The molecule has 4 heteroatoms. The van der Waals surface area contributed by atoms with Crippen molar-refractivity contribution in [2.45, 2.75) is 76.4 Å². The van der Waals surface area contributed by atoms with Gasteiger partial charge in [-0.15, -0.1) is 11.6 Å². The van der Waals surface area contributed by atoms with Gasteiger partial charge in [-0.3, -0.25) is 0 Å². The van der Waals surface area contributed by atoms with Crippen molar-refractivity contribution >= 4 is 18.7 Å². The summed E-state index contributed by atoms with van der Waals surface area (Å²) in [6.07, 6.45) is 14.2. The lowest BCUT2D eigenvalue weighted by Crippen LogP contribution is -2.38. The lowest BCUT2D eigenvalue weighted by Gasteiger charge is -2.35. The molecule has 3 rings (SSSR count). The molecule has 0 amide bonds. The van der Waals surface area contributed by atoms with Crippen molar-refractivity contribution in [2.75, 3.05) is 5.78 Å². The normalized spacial score (nSPS) is 34.9. The molecule has 0 radical (unpaired) electrons. The molecule has 2 saturated carbocycles. The number of rotatable bonds is 3. The minimum absolute atomic E-state index is 0.152. The van der Waals surface area contributed by atoms with E-state index in [4.69, 9.17) is 20.9 Å². The third-order valence-electron chi connectivity index (χ3n) is 5.30. The maximum Gasteiger partial charge on any atom is 0.473 e. The van der Waals surface area contributed by atoms with E-state index in [1.54, 1.807) is 0 Å². The Kier molecular flexibility index (Phi) is 5.11. The summed E-state index contributed by atoms with van der Waals surface area (Å²) in [5, 5.41) is 0. The molecule has 19 heavy (non-hydrogen) atoms. The van der Waals surface area contributed by atoms with Crippen LogP contribution in [0.2, 0.25) is 0 Å². The van der Waals surface area contributed by atoms with Crippen molar-refractivity contribution < 1.29 is 9.31 Å². The Bertz CT molecular complexity index is 251. The van der Waals surface area contributed by atoms with Gasteiger partial charge in [0.2, 0.25) is 0 Å². The molecule has 3 aliphatic rings. The van der Waals surface area contributed by atoms with E-state index < -0.39 is 0 Å². The summed E-state index contributed by atoms with van der Waals surface area (Å²) in [5.74, 6) is 1.91. The Morgan fingerprint density at radius 3 is 1.53 bits per heavy atom.